The van der Waals surface area contributed by atoms with E-state index in [1.54, 1.807) is 19.5 Å². The van der Waals surface area contributed by atoms with E-state index in [2.05, 4.69) is 37.0 Å². The molecule has 0 atom stereocenters. The number of ether oxygens (including phenoxy) is 2. The summed E-state index contributed by atoms with van der Waals surface area (Å²) in [6, 6.07) is 4.00. The lowest BCUT2D eigenvalue weighted by atomic mass is 10.2. The minimum absolute atomic E-state index is 0.250. The molecule has 106 valence electrons. The van der Waals surface area contributed by atoms with Crippen LogP contribution < -0.4 is 4.74 Å². The number of pyridine rings is 2. The summed E-state index contributed by atoms with van der Waals surface area (Å²) in [6.07, 6.45) is 3.33. The zero-order valence-corrected chi connectivity index (χ0v) is 12.8. The highest BCUT2D eigenvalue weighted by Crippen LogP contribution is 2.34. The van der Waals surface area contributed by atoms with Crippen LogP contribution in [0.1, 0.15) is 5.69 Å². The number of fused-ring (bicyclic) bond motifs is 3. The fourth-order valence-corrected chi connectivity index (χ4v) is 2.49. The molecule has 21 heavy (non-hydrogen) atoms. The largest absolute Gasteiger partial charge is 0.487 e. The lowest BCUT2D eigenvalue weighted by Crippen LogP contribution is -2.06. The average Bonchev–Trinajstić information content (AvgIpc) is 2.85. The number of halogens is 1. The van der Waals surface area contributed by atoms with Crippen LogP contribution >= 0.6 is 15.9 Å². The molecule has 0 aliphatic carbocycles. The number of aromatic amines is 1. The highest BCUT2D eigenvalue weighted by Gasteiger charge is 2.16. The molecule has 0 radical (unpaired) electrons. The standard InChI is InChI=1S/C14H11BrN4O2/c1-20-2-3-21-13-10(5-16)17-7-11-12(13)9-4-8(15)6-18-14(9)19-11/h4,6-7H,2-3H2,1H3,(H,18,19). The number of rotatable bonds is 4. The smallest absolute Gasteiger partial charge is 0.183 e. The Labute approximate surface area is 128 Å². The molecule has 0 fully saturated rings. The van der Waals surface area contributed by atoms with Crippen LogP contribution in [0.5, 0.6) is 5.75 Å². The fourth-order valence-electron chi connectivity index (χ4n) is 2.16. The van der Waals surface area contributed by atoms with Gasteiger partial charge in [-0.25, -0.2) is 9.97 Å². The fraction of sp³-hybridized carbons (Fsp3) is 0.214. The SMILES string of the molecule is COCCOc1c(C#N)ncc2[nH]c3ncc(Br)cc3c12. The molecule has 6 nitrogen and oxygen atoms in total. The second-order valence-corrected chi connectivity index (χ2v) is 5.27. The van der Waals surface area contributed by atoms with Gasteiger partial charge in [0.1, 0.15) is 18.3 Å². The predicted molar refractivity (Wildman–Crippen MR) is 81.2 cm³/mol. The van der Waals surface area contributed by atoms with Crippen molar-refractivity contribution in [3.8, 4) is 11.8 Å². The molecule has 0 amide bonds. The number of nitriles is 1. The molecular formula is C14H11BrN4O2. The van der Waals surface area contributed by atoms with Gasteiger partial charge in [-0.1, -0.05) is 0 Å². The Hall–Kier alpha value is -2.17. The van der Waals surface area contributed by atoms with Gasteiger partial charge >= 0.3 is 0 Å². The van der Waals surface area contributed by atoms with Gasteiger partial charge in [-0.15, -0.1) is 0 Å². The van der Waals surface area contributed by atoms with Crippen molar-refractivity contribution in [2.24, 2.45) is 0 Å². The van der Waals surface area contributed by atoms with Gasteiger partial charge in [0.25, 0.3) is 0 Å². The van der Waals surface area contributed by atoms with Crippen molar-refractivity contribution in [2.75, 3.05) is 20.3 Å². The molecule has 3 rings (SSSR count). The van der Waals surface area contributed by atoms with E-state index in [9.17, 15) is 5.26 Å². The van der Waals surface area contributed by atoms with Crippen molar-refractivity contribution < 1.29 is 9.47 Å². The van der Waals surface area contributed by atoms with Gasteiger partial charge in [-0.2, -0.15) is 5.26 Å². The second-order valence-electron chi connectivity index (χ2n) is 4.35. The van der Waals surface area contributed by atoms with E-state index < -0.39 is 0 Å². The topological polar surface area (TPSA) is 83.8 Å². The number of methoxy groups -OCH3 is 1. The maximum Gasteiger partial charge on any atom is 0.183 e. The third-order valence-electron chi connectivity index (χ3n) is 3.05. The third-order valence-corrected chi connectivity index (χ3v) is 3.48. The summed E-state index contributed by atoms with van der Waals surface area (Å²) >= 11 is 3.41. The Bertz CT molecular complexity index is 853. The lowest BCUT2D eigenvalue weighted by molar-refractivity contribution is 0.147. The predicted octanol–water partition coefficient (Wildman–Crippen LogP) is 2.77. The highest BCUT2D eigenvalue weighted by atomic mass is 79.9. The first kappa shape index (κ1) is 13.8. The van der Waals surface area contributed by atoms with Crippen molar-refractivity contribution in [3.63, 3.8) is 0 Å². The summed E-state index contributed by atoms with van der Waals surface area (Å²) in [7, 11) is 1.60. The lowest BCUT2D eigenvalue weighted by Gasteiger charge is -2.08. The van der Waals surface area contributed by atoms with E-state index in [1.807, 2.05) is 6.07 Å². The van der Waals surface area contributed by atoms with E-state index in [1.165, 1.54) is 0 Å². The monoisotopic (exact) mass is 346 g/mol. The van der Waals surface area contributed by atoms with E-state index in [4.69, 9.17) is 9.47 Å². The van der Waals surface area contributed by atoms with Crippen molar-refractivity contribution in [1.82, 2.24) is 15.0 Å². The molecule has 0 aliphatic rings. The van der Waals surface area contributed by atoms with Gasteiger partial charge in [0, 0.05) is 23.2 Å². The van der Waals surface area contributed by atoms with Crippen molar-refractivity contribution >= 4 is 37.9 Å². The Morgan fingerprint density at radius 3 is 2.95 bits per heavy atom. The molecular weight excluding hydrogens is 336 g/mol. The minimum Gasteiger partial charge on any atom is -0.487 e. The summed E-state index contributed by atoms with van der Waals surface area (Å²) in [5.41, 5.74) is 1.75. The number of H-pyrrole nitrogens is 1. The molecule has 0 aromatic carbocycles. The van der Waals surface area contributed by atoms with Crippen LogP contribution in [-0.4, -0.2) is 35.3 Å². The quantitative estimate of drug-likeness (QED) is 0.734. The molecule has 0 saturated heterocycles. The molecule has 0 saturated carbocycles. The van der Waals surface area contributed by atoms with Gasteiger partial charge < -0.3 is 14.5 Å². The molecule has 0 unspecified atom stereocenters. The molecule has 0 aliphatic heterocycles. The van der Waals surface area contributed by atoms with Gasteiger partial charge in [0.05, 0.1) is 23.7 Å². The number of hydrogen-bond acceptors (Lipinski definition) is 5. The third kappa shape index (κ3) is 2.44. The van der Waals surface area contributed by atoms with Crippen LogP contribution in [0.25, 0.3) is 21.9 Å². The van der Waals surface area contributed by atoms with Crippen molar-refractivity contribution in [1.29, 1.82) is 5.26 Å². The zero-order chi connectivity index (χ0) is 14.8. The molecule has 3 heterocycles. The van der Waals surface area contributed by atoms with Crippen LogP contribution in [0.4, 0.5) is 0 Å². The molecule has 3 aromatic rings. The maximum absolute atomic E-state index is 9.24. The van der Waals surface area contributed by atoms with Crippen LogP contribution in [0.15, 0.2) is 22.9 Å². The van der Waals surface area contributed by atoms with Gasteiger partial charge in [0.15, 0.2) is 11.4 Å². The summed E-state index contributed by atoms with van der Waals surface area (Å²) < 4.78 is 11.6. The Balaban J connectivity index is 2.26. The first-order chi connectivity index (χ1) is 10.2. The zero-order valence-electron chi connectivity index (χ0n) is 11.2. The Kier molecular flexibility index (Phi) is 3.73. The van der Waals surface area contributed by atoms with Crippen LogP contribution in [0.2, 0.25) is 0 Å². The molecule has 1 N–H and O–H groups in total. The average molecular weight is 347 g/mol. The van der Waals surface area contributed by atoms with Gasteiger partial charge in [0.2, 0.25) is 0 Å². The Morgan fingerprint density at radius 2 is 2.19 bits per heavy atom. The molecule has 0 bridgehead atoms. The normalized spacial score (nSPS) is 10.9. The maximum atomic E-state index is 9.24. The van der Waals surface area contributed by atoms with Crippen molar-refractivity contribution in [3.05, 3.63) is 28.6 Å². The first-order valence-corrected chi connectivity index (χ1v) is 7.01. The number of nitrogens with one attached hydrogen (secondary N) is 1. The van der Waals surface area contributed by atoms with E-state index in [-0.39, 0.29) is 5.69 Å². The van der Waals surface area contributed by atoms with E-state index in [0.717, 1.165) is 26.4 Å². The summed E-state index contributed by atoms with van der Waals surface area (Å²) in [6.45, 7) is 0.783. The molecule has 0 spiro atoms. The molecule has 3 aromatic heterocycles. The van der Waals surface area contributed by atoms with E-state index in [0.29, 0.717) is 19.0 Å². The Morgan fingerprint density at radius 1 is 1.33 bits per heavy atom. The van der Waals surface area contributed by atoms with Gasteiger partial charge in [-0.3, -0.25) is 0 Å². The van der Waals surface area contributed by atoms with Gasteiger partial charge in [-0.05, 0) is 22.0 Å². The summed E-state index contributed by atoms with van der Waals surface area (Å²) in [5, 5.41) is 10.9. The number of nitrogens with zero attached hydrogens (tertiary/aromatic N) is 3. The van der Waals surface area contributed by atoms with Crippen LogP contribution in [0, 0.1) is 11.3 Å². The van der Waals surface area contributed by atoms with E-state index >= 15 is 0 Å². The highest BCUT2D eigenvalue weighted by molar-refractivity contribution is 9.10. The minimum atomic E-state index is 0.250. The number of hydrogen-bond donors (Lipinski definition) is 1. The summed E-state index contributed by atoms with van der Waals surface area (Å²) in [4.78, 5) is 11.6. The first-order valence-electron chi connectivity index (χ1n) is 6.22. The van der Waals surface area contributed by atoms with Crippen LogP contribution in [-0.2, 0) is 4.74 Å². The number of aromatic nitrogens is 3. The van der Waals surface area contributed by atoms with Crippen LogP contribution in [0.3, 0.4) is 0 Å². The van der Waals surface area contributed by atoms with Crippen molar-refractivity contribution in [2.45, 2.75) is 0 Å². The molecule has 7 heteroatoms. The summed E-state index contributed by atoms with van der Waals surface area (Å²) in [5.74, 6) is 0.457. The second kappa shape index (κ2) is 5.68.